The molecule has 0 bridgehead atoms. The zero-order valence-corrected chi connectivity index (χ0v) is 10.4. The number of aliphatic hydroxyl groups excluding tert-OH is 5. The fourth-order valence-corrected chi connectivity index (χ4v) is 2.04. The third-order valence-corrected chi connectivity index (χ3v) is 3.16. The lowest BCUT2D eigenvalue weighted by Gasteiger charge is -2.39. The molecule has 0 aromatic carbocycles. The number of aliphatic hydroxyl groups is 5. The van der Waals surface area contributed by atoms with E-state index in [1.165, 1.54) is 0 Å². The van der Waals surface area contributed by atoms with E-state index in [1.807, 2.05) is 0 Å². The molecule has 5 atom stereocenters. The third kappa shape index (κ3) is 2.29. The maximum absolute atomic E-state index is 9.94. The molecule has 9 nitrogen and oxygen atoms in total. The van der Waals surface area contributed by atoms with Crippen molar-refractivity contribution in [3.05, 3.63) is 11.4 Å². The average molecular weight is 285 g/mol. The number of hydrogen-bond donors (Lipinski definition) is 5. The third-order valence-electron chi connectivity index (χ3n) is 3.16. The molecule has 0 aliphatic carbocycles. The maximum atomic E-state index is 9.94. The molecule has 110 valence electrons. The van der Waals surface area contributed by atoms with Crippen LogP contribution in [0.5, 0.6) is 0 Å². The fourth-order valence-electron chi connectivity index (χ4n) is 2.04. The smallest absolute Gasteiger partial charge is 0.182 e. The molecule has 9 heteroatoms. The van der Waals surface area contributed by atoms with Gasteiger partial charge in [-0.15, -0.1) is 11.5 Å². The summed E-state index contributed by atoms with van der Waals surface area (Å²) in [6.45, 7) is -1.01. The van der Waals surface area contributed by atoms with Gasteiger partial charge >= 0.3 is 0 Å². The highest BCUT2D eigenvalue weighted by Gasteiger charge is 2.45. The van der Waals surface area contributed by atoms with Gasteiger partial charge in [0.05, 0.1) is 13.2 Å². The first-order chi connectivity index (χ1) is 9.54. The summed E-state index contributed by atoms with van der Waals surface area (Å²) in [5.41, 5.74) is 0.196. The van der Waals surface area contributed by atoms with Crippen molar-refractivity contribution in [2.24, 2.45) is 0 Å². The quantitative estimate of drug-likeness (QED) is 0.364. The van der Waals surface area contributed by atoms with Gasteiger partial charge in [0.2, 0.25) is 0 Å². The van der Waals surface area contributed by atoms with Gasteiger partial charge in [-0.05, 0) is 5.92 Å². The van der Waals surface area contributed by atoms with Crippen LogP contribution in [0.25, 0.3) is 0 Å². The minimum absolute atomic E-state index is 0.0804. The van der Waals surface area contributed by atoms with Crippen molar-refractivity contribution in [1.82, 2.24) is 15.0 Å². The van der Waals surface area contributed by atoms with E-state index in [-0.39, 0.29) is 11.4 Å². The normalized spacial score (nSPS) is 33.9. The summed E-state index contributed by atoms with van der Waals surface area (Å²) < 4.78 is 6.31. The van der Waals surface area contributed by atoms with Gasteiger partial charge < -0.3 is 30.3 Å². The van der Waals surface area contributed by atoms with Crippen LogP contribution in [0.15, 0.2) is 0 Å². The molecule has 1 aliphatic heterocycles. The summed E-state index contributed by atoms with van der Waals surface area (Å²) in [6.07, 6.45) is -1.55. The summed E-state index contributed by atoms with van der Waals surface area (Å²) in [6, 6.07) is 0. The van der Waals surface area contributed by atoms with Gasteiger partial charge in [0.25, 0.3) is 0 Å². The second-order valence-corrected chi connectivity index (χ2v) is 4.35. The van der Waals surface area contributed by atoms with E-state index in [0.717, 1.165) is 4.68 Å². The van der Waals surface area contributed by atoms with Gasteiger partial charge in [0.15, 0.2) is 6.23 Å². The molecule has 1 aromatic rings. The van der Waals surface area contributed by atoms with Crippen LogP contribution in [-0.2, 0) is 11.3 Å². The molecule has 5 N–H and O–H groups in total. The van der Waals surface area contributed by atoms with Crippen LogP contribution in [0.2, 0.25) is 0 Å². The Morgan fingerprint density at radius 1 is 1.20 bits per heavy atom. The van der Waals surface area contributed by atoms with Crippen molar-refractivity contribution < 1.29 is 30.3 Å². The first-order valence-electron chi connectivity index (χ1n) is 5.87. The minimum Gasteiger partial charge on any atom is -0.394 e. The summed E-state index contributed by atoms with van der Waals surface area (Å²) in [5.74, 6) is 2.25. The van der Waals surface area contributed by atoms with Crippen molar-refractivity contribution in [1.29, 1.82) is 0 Å². The van der Waals surface area contributed by atoms with Gasteiger partial charge in [-0.1, -0.05) is 5.21 Å². The molecular weight excluding hydrogens is 270 g/mol. The molecule has 1 fully saturated rings. The van der Waals surface area contributed by atoms with Crippen LogP contribution in [0.4, 0.5) is 0 Å². The second kappa shape index (κ2) is 5.84. The molecule has 0 spiro atoms. The molecule has 0 amide bonds. The zero-order valence-electron chi connectivity index (χ0n) is 10.4. The number of nitrogens with zero attached hydrogens (tertiary/aromatic N) is 3. The van der Waals surface area contributed by atoms with Crippen LogP contribution in [-0.4, -0.2) is 71.5 Å². The van der Waals surface area contributed by atoms with E-state index in [2.05, 4.69) is 16.2 Å². The number of aromatic nitrogens is 3. The Kier molecular flexibility index (Phi) is 4.34. The molecular formula is C11H15N3O6. The largest absolute Gasteiger partial charge is 0.394 e. The van der Waals surface area contributed by atoms with Crippen molar-refractivity contribution in [3.8, 4) is 12.3 Å². The van der Waals surface area contributed by atoms with Gasteiger partial charge in [-0.25, -0.2) is 4.68 Å². The van der Waals surface area contributed by atoms with Crippen LogP contribution in [0.3, 0.4) is 0 Å². The Hall–Kier alpha value is -1.54. The van der Waals surface area contributed by atoms with Gasteiger partial charge in [0.1, 0.15) is 35.8 Å². The van der Waals surface area contributed by atoms with E-state index in [1.54, 1.807) is 0 Å². The van der Waals surface area contributed by atoms with E-state index in [4.69, 9.17) is 21.4 Å². The lowest BCUT2D eigenvalue weighted by molar-refractivity contribution is -0.254. The van der Waals surface area contributed by atoms with E-state index >= 15 is 0 Å². The number of hydrogen-bond acceptors (Lipinski definition) is 8. The topological polar surface area (TPSA) is 141 Å². The standard InChI is InChI=1S/C11H15N3O6/c1-2-6-5(3-15)12-13-14(6)11-10(19)9(18)8(17)7(4-16)20-11/h1,7-11,15-19H,3-4H2/t7-,8-,9+,10-,11-/m1/s1. The Morgan fingerprint density at radius 3 is 2.45 bits per heavy atom. The Balaban J connectivity index is 2.36. The average Bonchev–Trinajstić information content (AvgIpc) is 2.88. The molecule has 0 radical (unpaired) electrons. The maximum Gasteiger partial charge on any atom is 0.182 e. The van der Waals surface area contributed by atoms with Crippen molar-refractivity contribution in [2.75, 3.05) is 6.61 Å². The first kappa shape index (κ1) is 14.9. The summed E-state index contributed by atoms with van der Waals surface area (Å²) in [4.78, 5) is 0. The van der Waals surface area contributed by atoms with Crippen molar-refractivity contribution >= 4 is 0 Å². The molecule has 0 saturated carbocycles. The fraction of sp³-hybridized carbons (Fsp3) is 0.636. The van der Waals surface area contributed by atoms with Crippen LogP contribution < -0.4 is 0 Å². The SMILES string of the molecule is C#Cc1c(CO)nnn1[C@@H]1O[C@H](CO)[C@@H](O)[C@H](O)[C@H]1O. The molecule has 0 unspecified atom stereocenters. The van der Waals surface area contributed by atoms with Crippen molar-refractivity contribution in [2.45, 2.75) is 37.3 Å². The number of terminal acetylenes is 1. The van der Waals surface area contributed by atoms with Crippen LogP contribution in [0.1, 0.15) is 17.6 Å². The highest BCUT2D eigenvalue weighted by molar-refractivity contribution is 5.29. The van der Waals surface area contributed by atoms with E-state index in [0.29, 0.717) is 0 Å². The summed E-state index contributed by atoms with van der Waals surface area (Å²) in [7, 11) is 0. The highest BCUT2D eigenvalue weighted by Crippen LogP contribution is 2.28. The summed E-state index contributed by atoms with van der Waals surface area (Å²) in [5, 5.41) is 54.8. The van der Waals surface area contributed by atoms with Gasteiger partial charge in [-0.2, -0.15) is 0 Å². The van der Waals surface area contributed by atoms with Crippen LogP contribution >= 0.6 is 0 Å². The molecule has 1 saturated heterocycles. The van der Waals surface area contributed by atoms with Gasteiger partial charge in [-0.3, -0.25) is 0 Å². The summed E-state index contributed by atoms with van der Waals surface area (Å²) >= 11 is 0. The Bertz CT molecular complexity index is 511. The molecule has 2 rings (SSSR count). The highest BCUT2D eigenvalue weighted by atomic mass is 16.6. The van der Waals surface area contributed by atoms with E-state index in [9.17, 15) is 15.3 Å². The van der Waals surface area contributed by atoms with Gasteiger partial charge in [0, 0.05) is 0 Å². The first-order valence-corrected chi connectivity index (χ1v) is 5.87. The lowest BCUT2D eigenvalue weighted by Crippen LogP contribution is -2.56. The molecule has 20 heavy (non-hydrogen) atoms. The van der Waals surface area contributed by atoms with Crippen molar-refractivity contribution in [3.63, 3.8) is 0 Å². The number of ether oxygens (including phenoxy) is 1. The Morgan fingerprint density at radius 2 is 1.90 bits per heavy atom. The predicted octanol–water partition coefficient (Wildman–Crippen LogP) is -3.28. The molecule has 2 heterocycles. The number of rotatable bonds is 3. The monoisotopic (exact) mass is 285 g/mol. The second-order valence-electron chi connectivity index (χ2n) is 4.35. The van der Waals surface area contributed by atoms with Crippen LogP contribution in [0, 0.1) is 12.3 Å². The lowest BCUT2D eigenvalue weighted by atomic mass is 9.98. The zero-order chi connectivity index (χ0) is 14.9. The predicted molar refractivity (Wildman–Crippen MR) is 62.9 cm³/mol. The van der Waals surface area contributed by atoms with E-state index < -0.39 is 43.9 Å². The minimum atomic E-state index is -1.54. The Labute approximate surface area is 114 Å². The molecule has 1 aliphatic rings. The molecule has 1 aromatic heterocycles.